The molecule has 2 aliphatic heterocycles. The monoisotopic (exact) mass is 351 g/mol. The Hall–Kier alpha value is -1.30. The van der Waals surface area contributed by atoms with Crippen LogP contribution in [-0.4, -0.2) is 62.3 Å². The normalized spacial score (nSPS) is 23.2. The average Bonchev–Trinajstić information content (AvgIpc) is 3.13. The van der Waals surface area contributed by atoms with E-state index in [0.717, 1.165) is 50.7 Å². The fourth-order valence-corrected chi connectivity index (χ4v) is 3.48. The Kier molecular flexibility index (Phi) is 5.98. The van der Waals surface area contributed by atoms with Crippen molar-refractivity contribution >= 4 is 23.2 Å². The molecule has 1 amide bonds. The third-order valence-electron chi connectivity index (χ3n) is 4.96. The molecule has 0 saturated carbocycles. The number of piperazine rings is 1. The maximum atomic E-state index is 12.4. The molecule has 1 aromatic carbocycles. The first-order valence-electron chi connectivity index (χ1n) is 8.77. The molecular weight excluding hydrogens is 326 g/mol. The Morgan fingerprint density at radius 1 is 1.29 bits per heavy atom. The summed E-state index contributed by atoms with van der Waals surface area (Å²) >= 11 is 5.95. The van der Waals surface area contributed by atoms with Gasteiger partial charge in [-0.15, -0.1) is 0 Å². The van der Waals surface area contributed by atoms with E-state index in [1.807, 2.05) is 19.1 Å². The van der Waals surface area contributed by atoms with Crippen molar-refractivity contribution in [3.05, 3.63) is 29.3 Å². The number of benzene rings is 1. The number of carbonyl (C=O) groups is 1. The lowest BCUT2D eigenvalue weighted by molar-refractivity contribution is -0.126. The van der Waals surface area contributed by atoms with Crippen LogP contribution < -0.4 is 10.2 Å². The number of ether oxygens (including phenoxy) is 1. The minimum atomic E-state index is -0.0984. The Morgan fingerprint density at radius 3 is 2.62 bits per heavy atom. The third kappa shape index (κ3) is 4.41. The van der Waals surface area contributed by atoms with Gasteiger partial charge in [-0.3, -0.25) is 9.69 Å². The smallest absolute Gasteiger partial charge is 0.237 e. The first kappa shape index (κ1) is 17.5. The van der Waals surface area contributed by atoms with Crippen molar-refractivity contribution in [1.29, 1.82) is 0 Å². The Labute approximate surface area is 148 Å². The molecule has 1 aromatic rings. The van der Waals surface area contributed by atoms with Crippen LogP contribution in [0.25, 0.3) is 0 Å². The standard InChI is InChI=1S/C18H26ClN3O2/c1-14(18(23)20-13-17-3-2-12-24-17)21-8-10-22(11-9-21)16-6-4-15(19)5-7-16/h4-7,14,17H,2-3,8-13H2,1H3,(H,20,23)/t14-,17+/m1/s1. The molecule has 0 spiro atoms. The van der Waals surface area contributed by atoms with Gasteiger partial charge in [0.15, 0.2) is 0 Å². The van der Waals surface area contributed by atoms with Crippen molar-refractivity contribution in [2.24, 2.45) is 0 Å². The largest absolute Gasteiger partial charge is 0.376 e. The quantitative estimate of drug-likeness (QED) is 0.882. The summed E-state index contributed by atoms with van der Waals surface area (Å²) in [6.45, 7) is 7.06. The highest BCUT2D eigenvalue weighted by Crippen LogP contribution is 2.20. The highest BCUT2D eigenvalue weighted by molar-refractivity contribution is 6.30. The highest BCUT2D eigenvalue weighted by atomic mass is 35.5. The number of nitrogens with one attached hydrogen (secondary N) is 1. The number of halogens is 1. The van der Waals surface area contributed by atoms with Crippen molar-refractivity contribution in [2.45, 2.75) is 31.9 Å². The van der Waals surface area contributed by atoms with Crippen LogP contribution in [0.15, 0.2) is 24.3 Å². The zero-order valence-electron chi connectivity index (χ0n) is 14.2. The molecule has 0 unspecified atom stereocenters. The van der Waals surface area contributed by atoms with Gasteiger partial charge < -0.3 is 15.0 Å². The van der Waals surface area contributed by atoms with Crippen molar-refractivity contribution in [2.75, 3.05) is 44.2 Å². The van der Waals surface area contributed by atoms with Gasteiger partial charge in [-0.25, -0.2) is 0 Å². The molecule has 5 nitrogen and oxygen atoms in total. The van der Waals surface area contributed by atoms with Crippen molar-refractivity contribution in [3.63, 3.8) is 0 Å². The first-order valence-corrected chi connectivity index (χ1v) is 9.15. The van der Waals surface area contributed by atoms with Gasteiger partial charge in [0.25, 0.3) is 0 Å². The zero-order chi connectivity index (χ0) is 16.9. The van der Waals surface area contributed by atoms with E-state index < -0.39 is 0 Å². The predicted molar refractivity (Wildman–Crippen MR) is 96.7 cm³/mol. The molecule has 1 N–H and O–H groups in total. The van der Waals surface area contributed by atoms with Crippen LogP contribution in [0.1, 0.15) is 19.8 Å². The SMILES string of the molecule is C[C@H](C(=O)NC[C@@H]1CCCO1)N1CCN(c2ccc(Cl)cc2)CC1. The minimum Gasteiger partial charge on any atom is -0.376 e. The second-order valence-electron chi connectivity index (χ2n) is 6.56. The van der Waals surface area contributed by atoms with Gasteiger partial charge in [-0.05, 0) is 44.0 Å². The molecule has 0 bridgehead atoms. The van der Waals surface area contributed by atoms with E-state index in [1.54, 1.807) is 0 Å². The predicted octanol–water partition coefficient (Wildman–Crippen LogP) is 2.15. The van der Waals surface area contributed by atoms with Gasteiger partial charge in [0, 0.05) is 50.0 Å². The summed E-state index contributed by atoms with van der Waals surface area (Å²) in [6.07, 6.45) is 2.35. The van der Waals surface area contributed by atoms with Crippen LogP contribution in [0.2, 0.25) is 5.02 Å². The van der Waals surface area contributed by atoms with Crippen LogP contribution in [0.4, 0.5) is 5.69 Å². The maximum Gasteiger partial charge on any atom is 0.237 e. The van der Waals surface area contributed by atoms with Crippen molar-refractivity contribution in [3.8, 4) is 0 Å². The van der Waals surface area contributed by atoms with Gasteiger partial charge in [0.1, 0.15) is 0 Å². The Bertz CT molecular complexity index is 538. The molecule has 2 saturated heterocycles. The lowest BCUT2D eigenvalue weighted by Crippen LogP contribution is -2.54. The highest BCUT2D eigenvalue weighted by Gasteiger charge is 2.26. The minimum absolute atomic E-state index is 0.0984. The van der Waals surface area contributed by atoms with E-state index in [9.17, 15) is 4.79 Å². The van der Waals surface area contributed by atoms with E-state index in [4.69, 9.17) is 16.3 Å². The Morgan fingerprint density at radius 2 is 2.00 bits per heavy atom. The van der Waals surface area contributed by atoms with Crippen molar-refractivity contribution < 1.29 is 9.53 Å². The van der Waals surface area contributed by atoms with Crippen LogP contribution in [0.5, 0.6) is 0 Å². The van der Waals surface area contributed by atoms with Gasteiger partial charge in [-0.1, -0.05) is 11.6 Å². The van der Waals surface area contributed by atoms with Gasteiger partial charge in [0.05, 0.1) is 12.1 Å². The molecule has 24 heavy (non-hydrogen) atoms. The molecule has 2 aliphatic rings. The summed E-state index contributed by atoms with van der Waals surface area (Å²) in [7, 11) is 0. The van der Waals surface area contributed by atoms with E-state index in [-0.39, 0.29) is 18.1 Å². The topological polar surface area (TPSA) is 44.8 Å². The van der Waals surface area contributed by atoms with Gasteiger partial charge >= 0.3 is 0 Å². The molecule has 3 rings (SSSR count). The number of hydrogen-bond donors (Lipinski definition) is 1. The molecule has 0 aliphatic carbocycles. The second-order valence-corrected chi connectivity index (χ2v) is 6.99. The van der Waals surface area contributed by atoms with Gasteiger partial charge in [0.2, 0.25) is 5.91 Å². The fourth-order valence-electron chi connectivity index (χ4n) is 3.35. The number of carbonyl (C=O) groups excluding carboxylic acids is 1. The van der Waals surface area contributed by atoms with E-state index in [0.29, 0.717) is 6.54 Å². The summed E-state index contributed by atoms with van der Waals surface area (Å²) in [4.78, 5) is 16.9. The number of hydrogen-bond acceptors (Lipinski definition) is 4. The number of nitrogens with zero attached hydrogens (tertiary/aromatic N) is 2. The van der Waals surface area contributed by atoms with Crippen LogP contribution in [-0.2, 0) is 9.53 Å². The molecule has 0 aromatic heterocycles. The molecule has 132 valence electrons. The fraction of sp³-hybridized carbons (Fsp3) is 0.611. The molecular formula is C18H26ClN3O2. The number of anilines is 1. The summed E-state index contributed by atoms with van der Waals surface area (Å²) in [5, 5.41) is 3.80. The zero-order valence-corrected chi connectivity index (χ0v) is 15.0. The van der Waals surface area contributed by atoms with Gasteiger partial charge in [-0.2, -0.15) is 0 Å². The molecule has 2 heterocycles. The number of rotatable bonds is 5. The maximum absolute atomic E-state index is 12.4. The third-order valence-corrected chi connectivity index (χ3v) is 5.21. The average molecular weight is 352 g/mol. The lowest BCUT2D eigenvalue weighted by atomic mass is 10.2. The van der Waals surface area contributed by atoms with E-state index >= 15 is 0 Å². The summed E-state index contributed by atoms with van der Waals surface area (Å²) in [5.41, 5.74) is 1.19. The van der Waals surface area contributed by atoms with Crippen molar-refractivity contribution in [1.82, 2.24) is 10.2 Å². The van der Waals surface area contributed by atoms with E-state index in [2.05, 4.69) is 27.2 Å². The lowest BCUT2D eigenvalue weighted by Gasteiger charge is -2.38. The molecule has 0 radical (unpaired) electrons. The Balaban J connectivity index is 1.44. The summed E-state index contributed by atoms with van der Waals surface area (Å²) in [5.74, 6) is 0.102. The molecule has 2 fully saturated rings. The van der Waals surface area contributed by atoms with Crippen LogP contribution in [0.3, 0.4) is 0 Å². The summed E-state index contributed by atoms with van der Waals surface area (Å²) < 4.78 is 5.56. The molecule has 6 heteroatoms. The second kappa shape index (κ2) is 8.19. The van der Waals surface area contributed by atoms with Crippen LogP contribution >= 0.6 is 11.6 Å². The first-order chi connectivity index (χ1) is 11.6. The number of amides is 1. The van der Waals surface area contributed by atoms with E-state index in [1.165, 1.54) is 5.69 Å². The summed E-state index contributed by atoms with van der Waals surface area (Å²) in [6, 6.07) is 7.85. The van der Waals surface area contributed by atoms with Crippen LogP contribution in [0, 0.1) is 0 Å². The molecule has 2 atom stereocenters.